The smallest absolute Gasteiger partial charge is 0.231 e. The van der Waals surface area contributed by atoms with Crippen molar-refractivity contribution >= 4 is 45.7 Å². The number of carbonyl (C=O) groups is 2. The SMILES string of the molecule is C=CCSc1nnc(NC(=O)[C@@H]2CC(=O)N(c3cccc(OC)c3)C2)s1. The predicted molar refractivity (Wildman–Crippen MR) is 103 cm³/mol. The molecule has 0 radical (unpaired) electrons. The first-order valence-electron chi connectivity index (χ1n) is 7.93. The van der Waals surface area contributed by atoms with Crippen LogP contribution in [0.5, 0.6) is 5.75 Å². The third-order valence-electron chi connectivity index (χ3n) is 3.82. The Morgan fingerprint density at radius 1 is 1.54 bits per heavy atom. The molecule has 136 valence electrons. The highest BCUT2D eigenvalue weighted by atomic mass is 32.2. The van der Waals surface area contributed by atoms with Crippen LogP contribution < -0.4 is 15.0 Å². The fraction of sp³-hybridized carbons (Fsp3) is 0.294. The molecule has 26 heavy (non-hydrogen) atoms. The van der Waals surface area contributed by atoms with Crippen molar-refractivity contribution in [2.45, 2.75) is 10.8 Å². The molecule has 1 aromatic carbocycles. The molecule has 0 spiro atoms. The van der Waals surface area contributed by atoms with Gasteiger partial charge in [-0.3, -0.25) is 9.59 Å². The molecule has 1 aromatic heterocycles. The number of amides is 2. The minimum Gasteiger partial charge on any atom is -0.497 e. The highest BCUT2D eigenvalue weighted by molar-refractivity contribution is 8.01. The van der Waals surface area contributed by atoms with E-state index in [-0.39, 0.29) is 18.2 Å². The Hall–Kier alpha value is -2.39. The number of benzene rings is 1. The second-order valence-electron chi connectivity index (χ2n) is 5.57. The van der Waals surface area contributed by atoms with Gasteiger partial charge in [-0.05, 0) is 12.1 Å². The van der Waals surface area contributed by atoms with E-state index in [1.165, 1.54) is 23.1 Å². The molecule has 7 nitrogen and oxygen atoms in total. The van der Waals surface area contributed by atoms with Gasteiger partial charge < -0.3 is 15.0 Å². The lowest BCUT2D eigenvalue weighted by molar-refractivity contribution is -0.122. The van der Waals surface area contributed by atoms with Crippen LogP contribution in [0.1, 0.15) is 6.42 Å². The Labute approximate surface area is 159 Å². The van der Waals surface area contributed by atoms with E-state index in [0.717, 1.165) is 15.8 Å². The van der Waals surface area contributed by atoms with Gasteiger partial charge in [-0.15, -0.1) is 16.8 Å². The maximum Gasteiger partial charge on any atom is 0.231 e. The summed E-state index contributed by atoms with van der Waals surface area (Å²) in [5.41, 5.74) is 0.726. The van der Waals surface area contributed by atoms with Gasteiger partial charge in [-0.2, -0.15) is 0 Å². The lowest BCUT2D eigenvalue weighted by Crippen LogP contribution is -2.28. The summed E-state index contributed by atoms with van der Waals surface area (Å²) in [6.07, 6.45) is 1.95. The fourth-order valence-corrected chi connectivity index (χ4v) is 4.08. The summed E-state index contributed by atoms with van der Waals surface area (Å²) in [6.45, 7) is 3.98. The molecule has 0 bridgehead atoms. The Morgan fingerprint density at radius 2 is 2.38 bits per heavy atom. The predicted octanol–water partition coefficient (Wildman–Crippen LogP) is 2.82. The van der Waals surface area contributed by atoms with Gasteiger partial charge in [-0.25, -0.2) is 0 Å². The van der Waals surface area contributed by atoms with Crippen LogP contribution in [0.25, 0.3) is 0 Å². The number of rotatable bonds is 7. The molecule has 0 unspecified atom stereocenters. The standard InChI is InChI=1S/C17H18N4O3S2/c1-3-7-25-17-20-19-16(26-17)18-15(23)11-8-14(22)21(10-11)12-5-4-6-13(9-12)24-2/h3-6,9,11H,1,7-8,10H2,2H3,(H,18,19,23)/t11-/m1/s1. The largest absolute Gasteiger partial charge is 0.497 e. The number of nitrogens with zero attached hydrogens (tertiary/aromatic N) is 3. The van der Waals surface area contributed by atoms with Crippen molar-refractivity contribution in [1.29, 1.82) is 0 Å². The minimum absolute atomic E-state index is 0.0853. The van der Waals surface area contributed by atoms with Gasteiger partial charge in [0.05, 0.1) is 13.0 Å². The van der Waals surface area contributed by atoms with Crippen LogP contribution in [0, 0.1) is 5.92 Å². The molecule has 3 rings (SSSR count). The van der Waals surface area contributed by atoms with Gasteiger partial charge in [0.1, 0.15) is 5.75 Å². The van der Waals surface area contributed by atoms with Crippen LogP contribution in [-0.2, 0) is 9.59 Å². The first-order chi connectivity index (χ1) is 12.6. The van der Waals surface area contributed by atoms with Crippen LogP contribution in [0.3, 0.4) is 0 Å². The molecule has 2 amide bonds. The van der Waals surface area contributed by atoms with Crippen LogP contribution >= 0.6 is 23.1 Å². The number of ether oxygens (including phenoxy) is 1. The Morgan fingerprint density at radius 3 is 3.15 bits per heavy atom. The Kier molecular flexibility index (Phi) is 5.89. The van der Waals surface area contributed by atoms with Gasteiger partial charge in [0, 0.05) is 30.5 Å². The molecule has 2 heterocycles. The van der Waals surface area contributed by atoms with Gasteiger partial charge in [0.15, 0.2) is 4.34 Å². The first kappa shape index (κ1) is 18.4. The number of thioether (sulfide) groups is 1. The third-order valence-corrected chi connectivity index (χ3v) is 5.79. The number of anilines is 2. The zero-order chi connectivity index (χ0) is 18.5. The van der Waals surface area contributed by atoms with Gasteiger partial charge in [0.2, 0.25) is 16.9 Å². The lowest BCUT2D eigenvalue weighted by Gasteiger charge is -2.17. The molecule has 1 saturated heterocycles. The van der Waals surface area contributed by atoms with Gasteiger partial charge in [-0.1, -0.05) is 35.2 Å². The quantitative estimate of drug-likeness (QED) is 0.445. The molecule has 2 aromatic rings. The van der Waals surface area contributed by atoms with E-state index in [0.29, 0.717) is 17.4 Å². The zero-order valence-electron chi connectivity index (χ0n) is 14.2. The molecule has 0 aliphatic carbocycles. The van der Waals surface area contributed by atoms with Crippen LogP contribution in [0.4, 0.5) is 10.8 Å². The molecule has 1 aliphatic rings. The Bertz CT molecular complexity index is 824. The highest BCUT2D eigenvalue weighted by Gasteiger charge is 2.35. The third kappa shape index (κ3) is 4.23. The van der Waals surface area contributed by atoms with E-state index in [1.54, 1.807) is 24.2 Å². The number of methoxy groups -OCH3 is 1. The average Bonchev–Trinajstić information content (AvgIpc) is 3.26. The zero-order valence-corrected chi connectivity index (χ0v) is 15.8. The summed E-state index contributed by atoms with van der Waals surface area (Å²) in [5.74, 6) is 0.663. The van der Waals surface area contributed by atoms with Crippen LogP contribution in [0.15, 0.2) is 41.3 Å². The summed E-state index contributed by atoms with van der Waals surface area (Å²) in [5, 5.41) is 11.2. The van der Waals surface area contributed by atoms with E-state index in [9.17, 15) is 9.59 Å². The molecule has 1 fully saturated rings. The van der Waals surface area contributed by atoms with Crippen molar-refractivity contribution in [3.05, 3.63) is 36.9 Å². The average molecular weight is 390 g/mol. The molecule has 1 atom stereocenters. The molecule has 1 aliphatic heterocycles. The summed E-state index contributed by atoms with van der Waals surface area (Å²) in [6, 6.07) is 7.24. The van der Waals surface area contributed by atoms with Crippen LogP contribution in [-0.4, -0.2) is 41.4 Å². The molecular formula is C17H18N4O3S2. The van der Waals surface area contributed by atoms with Crippen molar-refractivity contribution < 1.29 is 14.3 Å². The lowest BCUT2D eigenvalue weighted by atomic mass is 10.1. The van der Waals surface area contributed by atoms with E-state index in [2.05, 4.69) is 22.1 Å². The number of carbonyl (C=O) groups excluding carboxylic acids is 2. The highest BCUT2D eigenvalue weighted by Crippen LogP contribution is 2.30. The second kappa shape index (κ2) is 8.33. The van der Waals surface area contributed by atoms with E-state index in [4.69, 9.17) is 4.74 Å². The second-order valence-corrected chi connectivity index (χ2v) is 7.81. The summed E-state index contributed by atoms with van der Waals surface area (Å²) in [4.78, 5) is 26.4. The van der Waals surface area contributed by atoms with E-state index in [1.807, 2.05) is 18.2 Å². The number of hydrogen-bond acceptors (Lipinski definition) is 7. The van der Waals surface area contributed by atoms with Crippen LogP contribution in [0.2, 0.25) is 0 Å². The molecule has 0 saturated carbocycles. The maximum atomic E-state index is 12.5. The number of aromatic nitrogens is 2. The topological polar surface area (TPSA) is 84.4 Å². The first-order valence-corrected chi connectivity index (χ1v) is 9.73. The molecular weight excluding hydrogens is 372 g/mol. The summed E-state index contributed by atoms with van der Waals surface area (Å²) >= 11 is 2.81. The Balaban J connectivity index is 1.63. The van der Waals surface area contributed by atoms with Gasteiger partial charge >= 0.3 is 0 Å². The van der Waals surface area contributed by atoms with Gasteiger partial charge in [0.25, 0.3) is 0 Å². The number of hydrogen-bond donors (Lipinski definition) is 1. The van der Waals surface area contributed by atoms with Crippen molar-refractivity contribution in [2.75, 3.05) is 29.6 Å². The van der Waals surface area contributed by atoms with E-state index >= 15 is 0 Å². The van der Waals surface area contributed by atoms with E-state index < -0.39 is 5.92 Å². The molecule has 1 N–H and O–H groups in total. The van der Waals surface area contributed by atoms with Crippen molar-refractivity contribution in [3.63, 3.8) is 0 Å². The molecule has 9 heteroatoms. The van der Waals surface area contributed by atoms with Crippen molar-refractivity contribution in [3.8, 4) is 5.75 Å². The number of nitrogens with one attached hydrogen (secondary N) is 1. The van der Waals surface area contributed by atoms with Crippen molar-refractivity contribution in [2.24, 2.45) is 5.92 Å². The summed E-state index contributed by atoms with van der Waals surface area (Å²) in [7, 11) is 1.57. The van der Waals surface area contributed by atoms with Crippen molar-refractivity contribution in [1.82, 2.24) is 10.2 Å². The fourth-order valence-electron chi connectivity index (χ4n) is 2.57. The monoisotopic (exact) mass is 390 g/mol. The minimum atomic E-state index is -0.429. The summed E-state index contributed by atoms with van der Waals surface area (Å²) < 4.78 is 5.96. The maximum absolute atomic E-state index is 12.5. The normalized spacial score (nSPS) is 16.6.